The second-order valence-corrected chi connectivity index (χ2v) is 3.78. The van der Waals surface area contributed by atoms with E-state index in [1.54, 1.807) is 6.07 Å². The van der Waals surface area contributed by atoms with Gasteiger partial charge in [0.2, 0.25) is 0 Å². The Morgan fingerprint density at radius 1 is 1.38 bits per heavy atom. The summed E-state index contributed by atoms with van der Waals surface area (Å²) in [6.45, 7) is 2.49. The summed E-state index contributed by atoms with van der Waals surface area (Å²) in [5.74, 6) is 0.768. The number of ether oxygens (including phenoxy) is 1. The van der Waals surface area contributed by atoms with Crippen molar-refractivity contribution >= 4 is 0 Å². The van der Waals surface area contributed by atoms with Gasteiger partial charge in [-0.3, -0.25) is 0 Å². The van der Waals surface area contributed by atoms with E-state index in [9.17, 15) is 8.78 Å². The predicted molar refractivity (Wildman–Crippen MR) is 60.0 cm³/mol. The first-order chi connectivity index (χ1) is 7.60. The van der Waals surface area contributed by atoms with E-state index in [-0.39, 0.29) is 11.5 Å². The lowest BCUT2D eigenvalue weighted by Crippen LogP contribution is -2.06. The third kappa shape index (κ3) is 2.92. The van der Waals surface area contributed by atoms with Crippen LogP contribution in [0, 0.1) is 0 Å². The fourth-order valence-corrected chi connectivity index (χ4v) is 1.68. The molecule has 1 aromatic carbocycles. The Morgan fingerprint density at radius 2 is 2.06 bits per heavy atom. The van der Waals surface area contributed by atoms with Gasteiger partial charge in [0.25, 0.3) is 6.43 Å². The average Bonchev–Trinajstić information content (AvgIpc) is 2.28. The Labute approximate surface area is 94.4 Å². The van der Waals surface area contributed by atoms with Crippen LogP contribution in [-0.2, 0) is 0 Å². The summed E-state index contributed by atoms with van der Waals surface area (Å²) in [6, 6.07) is 4.48. The summed E-state index contributed by atoms with van der Waals surface area (Å²) < 4.78 is 30.3. The van der Waals surface area contributed by atoms with Gasteiger partial charge in [-0.25, -0.2) is 8.78 Å². The minimum Gasteiger partial charge on any atom is -0.496 e. The summed E-state index contributed by atoms with van der Waals surface area (Å²) in [5, 5.41) is 0. The van der Waals surface area contributed by atoms with Crippen molar-refractivity contribution in [3.63, 3.8) is 0 Å². The van der Waals surface area contributed by atoms with Crippen LogP contribution >= 0.6 is 0 Å². The number of hydrogen-bond donors (Lipinski definition) is 1. The normalized spacial score (nSPS) is 12.9. The highest BCUT2D eigenvalue weighted by Gasteiger charge is 2.15. The maximum atomic E-state index is 12.6. The first-order valence-corrected chi connectivity index (χ1v) is 5.26. The van der Waals surface area contributed by atoms with Crippen molar-refractivity contribution in [2.45, 2.75) is 25.7 Å². The number of methoxy groups -OCH3 is 1. The van der Waals surface area contributed by atoms with Crippen molar-refractivity contribution in [3.8, 4) is 5.75 Å². The van der Waals surface area contributed by atoms with Gasteiger partial charge in [0.1, 0.15) is 5.75 Å². The lowest BCUT2D eigenvalue weighted by Gasteiger charge is -2.16. The Hall–Kier alpha value is -1.16. The van der Waals surface area contributed by atoms with Gasteiger partial charge in [0, 0.05) is 5.56 Å². The molecule has 0 amide bonds. The molecule has 0 bridgehead atoms. The van der Waals surface area contributed by atoms with Crippen LogP contribution in [0.2, 0.25) is 0 Å². The van der Waals surface area contributed by atoms with Crippen LogP contribution in [0.5, 0.6) is 5.75 Å². The van der Waals surface area contributed by atoms with Gasteiger partial charge in [0.15, 0.2) is 0 Å². The molecule has 0 saturated carbocycles. The quantitative estimate of drug-likeness (QED) is 0.842. The largest absolute Gasteiger partial charge is 0.496 e. The molecule has 0 fully saturated rings. The first-order valence-electron chi connectivity index (χ1n) is 5.26. The maximum Gasteiger partial charge on any atom is 0.263 e. The molecule has 0 aliphatic rings. The van der Waals surface area contributed by atoms with Gasteiger partial charge in [-0.15, -0.1) is 0 Å². The SMILES string of the molecule is COc1ccc(C(F)F)cc1C(C)CCN. The minimum absolute atomic E-state index is 0.0275. The zero-order chi connectivity index (χ0) is 12.1. The van der Waals surface area contributed by atoms with Crippen LogP contribution in [-0.4, -0.2) is 13.7 Å². The monoisotopic (exact) mass is 229 g/mol. The van der Waals surface area contributed by atoms with E-state index in [2.05, 4.69) is 0 Å². The fraction of sp³-hybridized carbons (Fsp3) is 0.500. The van der Waals surface area contributed by atoms with Crippen molar-refractivity contribution < 1.29 is 13.5 Å². The van der Waals surface area contributed by atoms with E-state index < -0.39 is 6.43 Å². The van der Waals surface area contributed by atoms with Crippen LogP contribution in [0.25, 0.3) is 0 Å². The highest BCUT2D eigenvalue weighted by atomic mass is 19.3. The maximum absolute atomic E-state index is 12.6. The highest BCUT2D eigenvalue weighted by molar-refractivity contribution is 5.40. The van der Waals surface area contributed by atoms with E-state index >= 15 is 0 Å². The number of halogens is 2. The van der Waals surface area contributed by atoms with E-state index in [0.717, 1.165) is 12.0 Å². The molecule has 0 saturated heterocycles. The third-order valence-corrected chi connectivity index (χ3v) is 2.64. The molecule has 2 N–H and O–H groups in total. The molecule has 0 spiro atoms. The van der Waals surface area contributed by atoms with Crippen molar-refractivity contribution in [1.29, 1.82) is 0 Å². The second kappa shape index (κ2) is 5.80. The Morgan fingerprint density at radius 3 is 2.56 bits per heavy atom. The molecule has 4 heteroatoms. The second-order valence-electron chi connectivity index (χ2n) is 3.78. The van der Waals surface area contributed by atoms with Crippen molar-refractivity contribution in [1.82, 2.24) is 0 Å². The number of alkyl halides is 2. The van der Waals surface area contributed by atoms with Gasteiger partial charge >= 0.3 is 0 Å². The van der Waals surface area contributed by atoms with Crippen LogP contribution in [0.15, 0.2) is 18.2 Å². The molecule has 0 aliphatic carbocycles. The van der Waals surface area contributed by atoms with Crippen molar-refractivity contribution in [2.24, 2.45) is 5.73 Å². The number of benzene rings is 1. The molecule has 0 aliphatic heterocycles. The zero-order valence-electron chi connectivity index (χ0n) is 9.54. The van der Waals surface area contributed by atoms with Gasteiger partial charge in [-0.2, -0.15) is 0 Å². The topological polar surface area (TPSA) is 35.2 Å². The van der Waals surface area contributed by atoms with Crippen LogP contribution in [0.4, 0.5) is 8.78 Å². The standard InChI is InChI=1S/C12H17F2NO/c1-8(5-6-15)10-7-9(12(13)14)3-4-11(10)16-2/h3-4,7-8,12H,5-6,15H2,1-2H3. The molecule has 0 aromatic heterocycles. The molecule has 0 heterocycles. The highest BCUT2D eigenvalue weighted by Crippen LogP contribution is 2.32. The van der Waals surface area contributed by atoms with Crippen LogP contribution in [0.1, 0.15) is 36.8 Å². The van der Waals surface area contributed by atoms with Gasteiger partial charge in [0.05, 0.1) is 7.11 Å². The molecule has 16 heavy (non-hydrogen) atoms. The summed E-state index contributed by atoms with van der Waals surface area (Å²) >= 11 is 0. The van der Waals surface area contributed by atoms with E-state index in [0.29, 0.717) is 12.3 Å². The van der Waals surface area contributed by atoms with E-state index in [1.807, 2.05) is 6.92 Å². The predicted octanol–water partition coefficient (Wildman–Crippen LogP) is 3.09. The lowest BCUT2D eigenvalue weighted by atomic mass is 9.95. The molecule has 1 unspecified atom stereocenters. The molecule has 2 nitrogen and oxygen atoms in total. The molecule has 1 rings (SSSR count). The number of rotatable bonds is 5. The molecule has 0 radical (unpaired) electrons. The summed E-state index contributed by atoms with van der Waals surface area (Å²) in [6.07, 6.45) is -1.70. The van der Waals surface area contributed by atoms with Gasteiger partial charge in [-0.05, 0) is 42.6 Å². The molecular formula is C12H17F2NO. The Bertz CT molecular complexity index is 342. The molecule has 90 valence electrons. The summed E-state index contributed by atoms with van der Waals surface area (Å²) in [7, 11) is 1.54. The molecule has 1 atom stereocenters. The van der Waals surface area contributed by atoms with Crippen molar-refractivity contribution in [3.05, 3.63) is 29.3 Å². The smallest absolute Gasteiger partial charge is 0.263 e. The summed E-state index contributed by atoms with van der Waals surface area (Å²) in [5.41, 5.74) is 6.29. The first kappa shape index (κ1) is 12.9. The Kier molecular flexibility index (Phi) is 4.68. The van der Waals surface area contributed by atoms with E-state index in [1.165, 1.54) is 19.2 Å². The molecule has 1 aromatic rings. The third-order valence-electron chi connectivity index (χ3n) is 2.64. The fourth-order valence-electron chi connectivity index (χ4n) is 1.68. The van der Waals surface area contributed by atoms with Gasteiger partial charge < -0.3 is 10.5 Å². The van der Waals surface area contributed by atoms with Crippen molar-refractivity contribution in [2.75, 3.05) is 13.7 Å². The molecular weight excluding hydrogens is 212 g/mol. The van der Waals surface area contributed by atoms with Crippen LogP contribution in [0.3, 0.4) is 0 Å². The summed E-state index contributed by atoms with van der Waals surface area (Å²) in [4.78, 5) is 0. The Balaban J connectivity index is 3.06. The number of nitrogens with two attached hydrogens (primary N) is 1. The average molecular weight is 229 g/mol. The number of hydrogen-bond acceptors (Lipinski definition) is 2. The van der Waals surface area contributed by atoms with Crippen LogP contribution < -0.4 is 10.5 Å². The minimum atomic E-state index is -2.45. The van der Waals surface area contributed by atoms with Gasteiger partial charge in [-0.1, -0.05) is 6.92 Å². The zero-order valence-corrected chi connectivity index (χ0v) is 9.54. The lowest BCUT2D eigenvalue weighted by molar-refractivity contribution is 0.151. The van der Waals surface area contributed by atoms with E-state index in [4.69, 9.17) is 10.5 Å².